The number of pyridine rings is 2. The van der Waals surface area contributed by atoms with Crippen LogP contribution in [0.3, 0.4) is 0 Å². The monoisotopic (exact) mass is 276 g/mol. The van der Waals surface area contributed by atoms with E-state index in [9.17, 15) is 10.0 Å². The zero-order valence-corrected chi connectivity index (χ0v) is 10.8. The first-order valence-corrected chi connectivity index (χ1v) is 6.39. The maximum absolute atomic E-state index is 9.33. The van der Waals surface area contributed by atoms with Gasteiger partial charge in [-0.3, -0.25) is 19.9 Å². The summed E-state index contributed by atoms with van der Waals surface area (Å²) < 4.78 is 0. The molecule has 2 N–H and O–H groups in total. The molecule has 0 aliphatic heterocycles. The van der Waals surface area contributed by atoms with E-state index in [4.69, 9.17) is 0 Å². The van der Waals surface area contributed by atoms with Gasteiger partial charge in [0.15, 0.2) is 0 Å². The van der Waals surface area contributed by atoms with Gasteiger partial charge in [0.25, 0.3) is 0 Å². The predicted molar refractivity (Wildman–Crippen MR) is 80.0 cm³/mol. The van der Waals surface area contributed by atoms with Crippen LogP contribution in [-0.4, -0.2) is 37.1 Å². The summed E-state index contributed by atoms with van der Waals surface area (Å²) >= 11 is 0. The molecule has 0 saturated carbocycles. The molecule has 7 heteroatoms. The summed E-state index contributed by atoms with van der Waals surface area (Å²) in [6, 6.07) is 5.43. The molecule has 6 nitrogen and oxygen atoms in total. The maximum Gasteiger partial charge on any atom is 0.490 e. The summed E-state index contributed by atoms with van der Waals surface area (Å²) in [7, 11) is -1.58. The smallest absolute Gasteiger partial charge is 0.423 e. The molecule has 0 unspecified atom stereocenters. The Labute approximate surface area is 119 Å². The molecule has 4 rings (SSSR count). The van der Waals surface area contributed by atoms with E-state index in [0.29, 0.717) is 21.9 Å². The van der Waals surface area contributed by atoms with E-state index in [0.717, 1.165) is 16.4 Å². The van der Waals surface area contributed by atoms with Crippen molar-refractivity contribution in [3.8, 4) is 0 Å². The molecule has 0 aliphatic carbocycles. The Morgan fingerprint density at radius 2 is 1.38 bits per heavy atom. The molecule has 0 saturated heterocycles. The van der Waals surface area contributed by atoms with Crippen molar-refractivity contribution in [2.45, 2.75) is 0 Å². The number of aromatic nitrogens is 4. The Hall–Kier alpha value is -2.64. The number of rotatable bonds is 1. The Balaban J connectivity index is 2.30. The fourth-order valence-electron chi connectivity index (χ4n) is 2.51. The molecule has 0 radical (unpaired) electrons. The third kappa shape index (κ3) is 1.75. The van der Waals surface area contributed by atoms with Crippen LogP contribution in [0, 0.1) is 0 Å². The molecule has 1 aromatic carbocycles. The number of hydrogen-bond donors (Lipinski definition) is 2. The molecule has 0 aliphatic rings. The minimum absolute atomic E-state index is 0.310. The number of fused-ring (bicyclic) bond motifs is 6. The van der Waals surface area contributed by atoms with E-state index < -0.39 is 7.12 Å². The second-order valence-corrected chi connectivity index (χ2v) is 4.69. The molecule has 0 atom stereocenters. The van der Waals surface area contributed by atoms with Gasteiger partial charge in [-0.1, -0.05) is 0 Å². The number of benzene rings is 1. The van der Waals surface area contributed by atoms with Gasteiger partial charge in [-0.2, -0.15) is 0 Å². The van der Waals surface area contributed by atoms with Gasteiger partial charge in [0.2, 0.25) is 0 Å². The topological polar surface area (TPSA) is 92.0 Å². The van der Waals surface area contributed by atoms with Crippen LogP contribution in [0.5, 0.6) is 0 Å². The lowest BCUT2D eigenvalue weighted by Crippen LogP contribution is -2.30. The first-order valence-electron chi connectivity index (χ1n) is 6.39. The molecule has 21 heavy (non-hydrogen) atoms. The normalized spacial score (nSPS) is 11.3. The van der Waals surface area contributed by atoms with Gasteiger partial charge in [-0.15, -0.1) is 0 Å². The Morgan fingerprint density at radius 1 is 0.762 bits per heavy atom. The third-order valence-electron chi connectivity index (χ3n) is 3.45. The summed E-state index contributed by atoms with van der Waals surface area (Å²) in [4.78, 5) is 17.5. The van der Waals surface area contributed by atoms with Crippen LogP contribution in [0.4, 0.5) is 0 Å². The largest absolute Gasteiger partial charge is 0.490 e. The second-order valence-electron chi connectivity index (χ2n) is 4.69. The summed E-state index contributed by atoms with van der Waals surface area (Å²) in [5.41, 5.74) is 3.09. The van der Waals surface area contributed by atoms with Crippen molar-refractivity contribution in [1.29, 1.82) is 0 Å². The lowest BCUT2D eigenvalue weighted by molar-refractivity contribution is 0.425. The molecule has 3 aromatic heterocycles. The fourth-order valence-corrected chi connectivity index (χ4v) is 2.51. The molecule has 0 fully saturated rings. The molecular formula is C14H9BN4O2. The molecule has 100 valence electrons. The van der Waals surface area contributed by atoms with Crippen LogP contribution >= 0.6 is 0 Å². The van der Waals surface area contributed by atoms with Crippen molar-refractivity contribution in [3.63, 3.8) is 0 Å². The van der Waals surface area contributed by atoms with E-state index in [1.54, 1.807) is 24.7 Å². The SMILES string of the molecule is OB(O)c1cnc2c(c1)c1nccnc1c1cccnc12. The van der Waals surface area contributed by atoms with Gasteiger partial charge in [0.1, 0.15) is 0 Å². The zero-order valence-electron chi connectivity index (χ0n) is 10.8. The highest BCUT2D eigenvalue weighted by Crippen LogP contribution is 2.29. The summed E-state index contributed by atoms with van der Waals surface area (Å²) in [6.07, 6.45) is 6.36. The second kappa shape index (κ2) is 4.44. The molecule has 0 amide bonds. The molecular weight excluding hydrogens is 267 g/mol. The highest BCUT2D eigenvalue weighted by atomic mass is 16.4. The van der Waals surface area contributed by atoms with E-state index in [1.807, 2.05) is 12.1 Å². The summed E-state index contributed by atoms with van der Waals surface area (Å²) in [5, 5.41) is 20.2. The Morgan fingerprint density at radius 3 is 2.10 bits per heavy atom. The van der Waals surface area contributed by atoms with Crippen LogP contribution in [0.1, 0.15) is 0 Å². The zero-order chi connectivity index (χ0) is 14.4. The van der Waals surface area contributed by atoms with E-state index in [1.165, 1.54) is 6.20 Å². The maximum atomic E-state index is 9.33. The first-order chi connectivity index (χ1) is 10.3. The average molecular weight is 276 g/mol. The number of hydrogen-bond acceptors (Lipinski definition) is 6. The van der Waals surface area contributed by atoms with E-state index in [2.05, 4.69) is 19.9 Å². The highest BCUT2D eigenvalue weighted by Gasteiger charge is 2.16. The molecule has 0 spiro atoms. The van der Waals surface area contributed by atoms with Crippen molar-refractivity contribution in [2.24, 2.45) is 0 Å². The van der Waals surface area contributed by atoms with Gasteiger partial charge in [0.05, 0.1) is 22.1 Å². The standard InChI is InChI=1S/C14H9BN4O2/c20-15(21)8-6-10-13-11(17-4-5-18-13)9-2-1-3-16-12(9)14(10)19-7-8/h1-7,20-21H. The summed E-state index contributed by atoms with van der Waals surface area (Å²) in [5.74, 6) is 0. The Kier molecular flexibility index (Phi) is 2.56. The molecule has 3 heterocycles. The van der Waals surface area contributed by atoms with Crippen molar-refractivity contribution in [1.82, 2.24) is 19.9 Å². The number of nitrogens with zero attached hydrogens (tertiary/aromatic N) is 4. The van der Waals surface area contributed by atoms with Gasteiger partial charge in [-0.05, 0) is 18.2 Å². The van der Waals surface area contributed by atoms with Gasteiger partial charge < -0.3 is 10.0 Å². The lowest BCUT2D eigenvalue weighted by atomic mass is 9.81. The predicted octanol–water partition coefficient (Wildman–Crippen LogP) is 0.406. The lowest BCUT2D eigenvalue weighted by Gasteiger charge is -2.08. The van der Waals surface area contributed by atoms with Crippen LogP contribution < -0.4 is 5.46 Å². The van der Waals surface area contributed by atoms with Crippen LogP contribution in [-0.2, 0) is 0 Å². The first kappa shape index (κ1) is 12.1. The van der Waals surface area contributed by atoms with E-state index in [-0.39, 0.29) is 0 Å². The van der Waals surface area contributed by atoms with Crippen LogP contribution in [0.2, 0.25) is 0 Å². The third-order valence-corrected chi connectivity index (χ3v) is 3.45. The van der Waals surface area contributed by atoms with Crippen molar-refractivity contribution in [2.75, 3.05) is 0 Å². The highest BCUT2D eigenvalue weighted by molar-refractivity contribution is 6.59. The van der Waals surface area contributed by atoms with Crippen LogP contribution in [0.25, 0.3) is 32.8 Å². The van der Waals surface area contributed by atoms with Gasteiger partial charge in [-0.25, -0.2) is 0 Å². The van der Waals surface area contributed by atoms with Gasteiger partial charge in [0, 0.05) is 41.0 Å². The average Bonchev–Trinajstić information content (AvgIpc) is 2.54. The minimum Gasteiger partial charge on any atom is -0.423 e. The summed E-state index contributed by atoms with van der Waals surface area (Å²) in [6.45, 7) is 0. The fraction of sp³-hybridized carbons (Fsp3) is 0. The Bertz CT molecular complexity index is 955. The minimum atomic E-state index is -1.58. The van der Waals surface area contributed by atoms with E-state index >= 15 is 0 Å². The van der Waals surface area contributed by atoms with Gasteiger partial charge >= 0.3 is 7.12 Å². The van der Waals surface area contributed by atoms with Crippen molar-refractivity contribution < 1.29 is 10.0 Å². The molecule has 4 aromatic rings. The van der Waals surface area contributed by atoms with Crippen molar-refractivity contribution >= 4 is 45.4 Å². The quantitative estimate of drug-likeness (QED) is 0.386. The van der Waals surface area contributed by atoms with Crippen molar-refractivity contribution in [3.05, 3.63) is 43.0 Å². The van der Waals surface area contributed by atoms with Crippen LogP contribution in [0.15, 0.2) is 43.0 Å². The molecule has 0 bridgehead atoms.